The first kappa shape index (κ1) is 9.71. The molecule has 1 saturated heterocycles. The minimum atomic E-state index is 0.883. The average molecular weight is 193 g/mol. The molecule has 0 aromatic carbocycles. The molecule has 0 atom stereocenters. The minimum Gasteiger partial charge on any atom is -0.316 e. The Kier molecular flexibility index (Phi) is 3.19. The maximum Gasteiger partial charge on any atom is 0.0492 e. The van der Waals surface area contributed by atoms with Gasteiger partial charge < -0.3 is 5.32 Å². The Morgan fingerprint density at radius 3 is 3.07 bits per heavy atom. The normalized spacial score (nSPS) is 16.9. The summed E-state index contributed by atoms with van der Waals surface area (Å²) in [5, 5.41) is 7.66. The van der Waals surface area contributed by atoms with Crippen LogP contribution in [0.15, 0.2) is 12.3 Å². The lowest BCUT2D eigenvalue weighted by molar-refractivity contribution is 0.305. The quantitative estimate of drug-likeness (QED) is 0.767. The Balaban J connectivity index is 1.84. The van der Waals surface area contributed by atoms with Crippen molar-refractivity contribution in [1.82, 2.24) is 15.1 Å². The van der Waals surface area contributed by atoms with E-state index in [0.717, 1.165) is 18.9 Å². The lowest BCUT2D eigenvalue weighted by atomic mass is 10.00. The Bertz CT molecular complexity index is 276. The van der Waals surface area contributed by atoms with E-state index < -0.39 is 0 Å². The molecule has 2 heterocycles. The molecule has 1 N–H and O–H groups in total. The van der Waals surface area contributed by atoms with Crippen molar-refractivity contribution in [3.63, 3.8) is 0 Å². The molecular weight excluding hydrogens is 174 g/mol. The van der Waals surface area contributed by atoms with Crippen LogP contribution in [0.25, 0.3) is 0 Å². The molecule has 78 valence electrons. The van der Waals surface area contributed by atoms with Crippen LogP contribution in [0.3, 0.4) is 0 Å². The molecule has 14 heavy (non-hydrogen) atoms. The van der Waals surface area contributed by atoms with Gasteiger partial charge >= 0.3 is 0 Å². The van der Waals surface area contributed by atoms with E-state index >= 15 is 0 Å². The van der Waals surface area contributed by atoms with Crippen LogP contribution in [-0.4, -0.2) is 22.9 Å². The number of aromatic nitrogens is 2. The number of rotatable bonds is 5. The third kappa shape index (κ3) is 2.15. The van der Waals surface area contributed by atoms with Crippen molar-refractivity contribution >= 4 is 0 Å². The standard InChI is InChI=1S/C11H19N3/c1-2-3-11-4-6-13-14(11)7-5-10-8-12-9-10/h4,6,10,12H,2-3,5,7-9H2,1H3. The third-order valence-corrected chi connectivity index (χ3v) is 2.93. The summed E-state index contributed by atoms with van der Waals surface area (Å²) in [6, 6.07) is 2.14. The van der Waals surface area contributed by atoms with Gasteiger partial charge in [-0.15, -0.1) is 0 Å². The number of aryl methyl sites for hydroxylation is 2. The Morgan fingerprint density at radius 1 is 1.57 bits per heavy atom. The van der Waals surface area contributed by atoms with Gasteiger partial charge in [0.2, 0.25) is 0 Å². The van der Waals surface area contributed by atoms with Crippen LogP contribution >= 0.6 is 0 Å². The van der Waals surface area contributed by atoms with Crippen molar-refractivity contribution < 1.29 is 0 Å². The first-order valence-electron chi connectivity index (χ1n) is 5.61. The summed E-state index contributed by atoms with van der Waals surface area (Å²) < 4.78 is 2.17. The molecule has 0 spiro atoms. The highest BCUT2D eigenvalue weighted by atomic mass is 15.3. The van der Waals surface area contributed by atoms with E-state index in [0.29, 0.717) is 0 Å². The molecule has 0 unspecified atom stereocenters. The summed E-state index contributed by atoms with van der Waals surface area (Å²) >= 11 is 0. The van der Waals surface area contributed by atoms with Gasteiger partial charge in [-0.05, 0) is 37.9 Å². The highest BCUT2D eigenvalue weighted by Gasteiger charge is 2.16. The van der Waals surface area contributed by atoms with Gasteiger partial charge in [0.1, 0.15) is 0 Å². The number of nitrogens with one attached hydrogen (secondary N) is 1. The van der Waals surface area contributed by atoms with Crippen molar-refractivity contribution in [2.75, 3.05) is 13.1 Å². The largest absolute Gasteiger partial charge is 0.316 e. The molecule has 3 nitrogen and oxygen atoms in total. The SMILES string of the molecule is CCCc1ccnn1CCC1CNC1. The van der Waals surface area contributed by atoms with Gasteiger partial charge in [0.15, 0.2) is 0 Å². The zero-order valence-electron chi connectivity index (χ0n) is 8.87. The summed E-state index contributed by atoms with van der Waals surface area (Å²) in [5.74, 6) is 0.883. The van der Waals surface area contributed by atoms with Crippen molar-refractivity contribution in [3.8, 4) is 0 Å². The summed E-state index contributed by atoms with van der Waals surface area (Å²) in [6.45, 7) is 5.70. The smallest absolute Gasteiger partial charge is 0.0492 e. The molecule has 1 aromatic rings. The number of hydrogen-bond donors (Lipinski definition) is 1. The van der Waals surface area contributed by atoms with Crippen LogP contribution in [0.5, 0.6) is 0 Å². The highest BCUT2D eigenvalue weighted by molar-refractivity contribution is 5.00. The van der Waals surface area contributed by atoms with E-state index in [1.807, 2.05) is 6.20 Å². The van der Waals surface area contributed by atoms with Gasteiger partial charge in [0, 0.05) is 18.4 Å². The minimum absolute atomic E-state index is 0.883. The van der Waals surface area contributed by atoms with Gasteiger partial charge in [0.05, 0.1) is 0 Å². The lowest BCUT2D eigenvalue weighted by Crippen LogP contribution is -2.42. The molecule has 0 bridgehead atoms. The van der Waals surface area contributed by atoms with Crippen molar-refractivity contribution in [2.24, 2.45) is 5.92 Å². The topological polar surface area (TPSA) is 29.9 Å². The van der Waals surface area contributed by atoms with Crippen LogP contribution < -0.4 is 5.32 Å². The van der Waals surface area contributed by atoms with Crippen molar-refractivity contribution in [2.45, 2.75) is 32.7 Å². The van der Waals surface area contributed by atoms with Gasteiger partial charge in [-0.3, -0.25) is 4.68 Å². The Morgan fingerprint density at radius 2 is 2.43 bits per heavy atom. The molecule has 0 radical (unpaired) electrons. The molecule has 1 aromatic heterocycles. The molecular formula is C11H19N3. The molecule has 0 saturated carbocycles. The van der Waals surface area contributed by atoms with Gasteiger partial charge in [-0.1, -0.05) is 13.3 Å². The van der Waals surface area contributed by atoms with E-state index in [-0.39, 0.29) is 0 Å². The fraction of sp³-hybridized carbons (Fsp3) is 0.727. The van der Waals surface area contributed by atoms with Gasteiger partial charge in [-0.25, -0.2) is 0 Å². The van der Waals surface area contributed by atoms with Crippen LogP contribution in [0, 0.1) is 5.92 Å². The molecule has 1 aliphatic heterocycles. The van der Waals surface area contributed by atoms with E-state index in [4.69, 9.17) is 0 Å². The fourth-order valence-corrected chi connectivity index (χ4v) is 1.89. The zero-order chi connectivity index (χ0) is 9.80. The van der Waals surface area contributed by atoms with Crippen LogP contribution in [0.2, 0.25) is 0 Å². The Hall–Kier alpha value is -0.830. The second-order valence-electron chi connectivity index (χ2n) is 4.11. The van der Waals surface area contributed by atoms with Crippen LogP contribution in [0.1, 0.15) is 25.5 Å². The van der Waals surface area contributed by atoms with Crippen molar-refractivity contribution in [1.29, 1.82) is 0 Å². The van der Waals surface area contributed by atoms with Gasteiger partial charge in [0.25, 0.3) is 0 Å². The highest BCUT2D eigenvalue weighted by Crippen LogP contribution is 2.11. The summed E-state index contributed by atoms with van der Waals surface area (Å²) in [5.41, 5.74) is 1.39. The van der Waals surface area contributed by atoms with E-state index in [1.54, 1.807) is 0 Å². The lowest BCUT2D eigenvalue weighted by Gasteiger charge is -2.27. The molecule has 0 amide bonds. The van der Waals surface area contributed by atoms with Crippen LogP contribution in [-0.2, 0) is 13.0 Å². The predicted octanol–water partition coefficient (Wildman–Crippen LogP) is 1.45. The van der Waals surface area contributed by atoms with Crippen LogP contribution in [0.4, 0.5) is 0 Å². The number of nitrogens with zero attached hydrogens (tertiary/aromatic N) is 2. The fourth-order valence-electron chi connectivity index (χ4n) is 1.89. The summed E-state index contributed by atoms with van der Waals surface area (Å²) in [6.07, 6.45) is 5.55. The first-order valence-corrected chi connectivity index (χ1v) is 5.61. The zero-order valence-corrected chi connectivity index (χ0v) is 8.87. The molecule has 0 aliphatic carbocycles. The second kappa shape index (κ2) is 4.60. The molecule has 3 heteroatoms. The third-order valence-electron chi connectivity index (χ3n) is 2.93. The van der Waals surface area contributed by atoms with E-state index in [9.17, 15) is 0 Å². The summed E-state index contributed by atoms with van der Waals surface area (Å²) in [4.78, 5) is 0. The predicted molar refractivity (Wildman–Crippen MR) is 57.2 cm³/mol. The maximum atomic E-state index is 4.36. The maximum absolute atomic E-state index is 4.36. The Labute approximate surface area is 85.5 Å². The van der Waals surface area contributed by atoms with E-state index in [1.165, 1.54) is 31.6 Å². The van der Waals surface area contributed by atoms with E-state index in [2.05, 4.69) is 28.1 Å². The molecule has 1 fully saturated rings. The number of hydrogen-bond acceptors (Lipinski definition) is 2. The van der Waals surface area contributed by atoms with Crippen molar-refractivity contribution in [3.05, 3.63) is 18.0 Å². The first-order chi connectivity index (χ1) is 6.90. The summed E-state index contributed by atoms with van der Waals surface area (Å²) in [7, 11) is 0. The molecule has 2 rings (SSSR count). The second-order valence-corrected chi connectivity index (χ2v) is 4.11. The average Bonchev–Trinajstić information content (AvgIpc) is 2.51. The van der Waals surface area contributed by atoms with Gasteiger partial charge in [-0.2, -0.15) is 5.10 Å². The molecule has 1 aliphatic rings. The monoisotopic (exact) mass is 193 g/mol.